The molecular weight excluding hydrogens is 350 g/mol. The molecule has 0 saturated heterocycles. The number of hydrogen-bond acceptors (Lipinski definition) is 1. The SMILES string of the molecule is CCOc1cc(Cl)c(C(Cl)c2ccc(Cl)cc2C)cc1Cl. The summed E-state index contributed by atoms with van der Waals surface area (Å²) in [5, 5.41) is 1.30. The van der Waals surface area contributed by atoms with E-state index < -0.39 is 5.38 Å². The first-order valence-electron chi connectivity index (χ1n) is 6.46. The fourth-order valence-electron chi connectivity index (χ4n) is 2.10. The lowest BCUT2D eigenvalue weighted by molar-refractivity contribution is 0.340. The Morgan fingerprint density at radius 1 is 1.00 bits per heavy atom. The quantitative estimate of drug-likeness (QED) is 0.550. The van der Waals surface area contributed by atoms with Crippen molar-refractivity contribution < 1.29 is 4.74 Å². The van der Waals surface area contributed by atoms with Gasteiger partial charge in [-0.15, -0.1) is 11.6 Å². The molecule has 0 radical (unpaired) electrons. The third kappa shape index (κ3) is 3.78. The van der Waals surface area contributed by atoms with Gasteiger partial charge >= 0.3 is 0 Å². The summed E-state index contributed by atoms with van der Waals surface area (Å²) >= 11 is 25.1. The summed E-state index contributed by atoms with van der Waals surface area (Å²) in [4.78, 5) is 0. The molecule has 0 aliphatic rings. The van der Waals surface area contributed by atoms with E-state index in [-0.39, 0.29) is 0 Å². The van der Waals surface area contributed by atoms with E-state index in [9.17, 15) is 0 Å². The molecule has 1 nitrogen and oxygen atoms in total. The largest absolute Gasteiger partial charge is 0.492 e. The van der Waals surface area contributed by atoms with Crippen molar-refractivity contribution >= 4 is 46.4 Å². The minimum absolute atomic E-state index is 0.400. The van der Waals surface area contributed by atoms with Crippen LogP contribution in [0.5, 0.6) is 5.75 Å². The molecule has 0 aromatic heterocycles. The van der Waals surface area contributed by atoms with Crippen LogP contribution >= 0.6 is 46.4 Å². The highest BCUT2D eigenvalue weighted by atomic mass is 35.5. The zero-order chi connectivity index (χ0) is 15.6. The summed E-state index contributed by atoms with van der Waals surface area (Å²) < 4.78 is 5.42. The Morgan fingerprint density at radius 2 is 1.71 bits per heavy atom. The first kappa shape index (κ1) is 16.8. The minimum atomic E-state index is -0.400. The smallest absolute Gasteiger partial charge is 0.139 e. The number of halogens is 4. The van der Waals surface area contributed by atoms with Crippen molar-refractivity contribution in [1.29, 1.82) is 0 Å². The Bertz CT molecular complexity index is 655. The van der Waals surface area contributed by atoms with Crippen LogP contribution in [0.15, 0.2) is 30.3 Å². The van der Waals surface area contributed by atoms with Crippen molar-refractivity contribution in [3.63, 3.8) is 0 Å². The maximum Gasteiger partial charge on any atom is 0.139 e. The molecule has 21 heavy (non-hydrogen) atoms. The van der Waals surface area contributed by atoms with Crippen molar-refractivity contribution in [2.24, 2.45) is 0 Å². The van der Waals surface area contributed by atoms with Gasteiger partial charge in [-0.1, -0.05) is 40.9 Å². The Balaban J connectivity index is 2.43. The van der Waals surface area contributed by atoms with Gasteiger partial charge in [0.25, 0.3) is 0 Å². The molecular formula is C16H14Cl4O. The van der Waals surface area contributed by atoms with Crippen molar-refractivity contribution in [3.05, 3.63) is 62.1 Å². The average molecular weight is 364 g/mol. The topological polar surface area (TPSA) is 9.23 Å². The zero-order valence-corrected chi connectivity index (χ0v) is 14.6. The van der Waals surface area contributed by atoms with E-state index in [0.717, 1.165) is 16.7 Å². The first-order chi connectivity index (χ1) is 9.93. The number of rotatable bonds is 4. The van der Waals surface area contributed by atoms with Gasteiger partial charge in [-0.25, -0.2) is 0 Å². The van der Waals surface area contributed by atoms with E-state index in [0.29, 0.717) is 27.4 Å². The van der Waals surface area contributed by atoms with E-state index in [2.05, 4.69) is 0 Å². The standard InChI is InChI=1S/C16H14Cl4O/c1-3-21-15-8-13(18)12(7-14(15)19)16(20)11-5-4-10(17)6-9(11)2/h4-8,16H,3H2,1-2H3. The summed E-state index contributed by atoms with van der Waals surface area (Å²) in [5.74, 6) is 0.560. The van der Waals surface area contributed by atoms with E-state index in [1.165, 1.54) is 0 Å². The van der Waals surface area contributed by atoms with E-state index >= 15 is 0 Å². The molecule has 2 aromatic rings. The van der Waals surface area contributed by atoms with Gasteiger partial charge in [-0.2, -0.15) is 0 Å². The maximum absolute atomic E-state index is 6.57. The lowest BCUT2D eigenvalue weighted by Gasteiger charge is -2.17. The molecule has 1 atom stereocenters. The van der Waals surface area contributed by atoms with Gasteiger partial charge in [0.1, 0.15) is 5.75 Å². The van der Waals surface area contributed by atoms with Crippen LogP contribution in [0.25, 0.3) is 0 Å². The van der Waals surface area contributed by atoms with Crippen LogP contribution in [0.4, 0.5) is 0 Å². The average Bonchev–Trinajstić information content (AvgIpc) is 2.42. The highest BCUT2D eigenvalue weighted by molar-refractivity contribution is 6.36. The highest BCUT2D eigenvalue weighted by Crippen LogP contribution is 2.40. The molecule has 2 rings (SSSR count). The van der Waals surface area contributed by atoms with Crippen molar-refractivity contribution in [3.8, 4) is 5.75 Å². The van der Waals surface area contributed by atoms with Gasteiger partial charge in [0.15, 0.2) is 0 Å². The van der Waals surface area contributed by atoms with Crippen LogP contribution in [0.1, 0.15) is 29.0 Å². The number of hydrogen-bond donors (Lipinski definition) is 0. The summed E-state index contributed by atoms with van der Waals surface area (Å²) in [6, 6.07) is 9.03. The second-order valence-electron chi connectivity index (χ2n) is 4.60. The van der Waals surface area contributed by atoms with Crippen LogP contribution in [-0.2, 0) is 0 Å². The van der Waals surface area contributed by atoms with Crippen LogP contribution in [0.2, 0.25) is 15.1 Å². The van der Waals surface area contributed by atoms with E-state index in [1.807, 2.05) is 32.0 Å². The van der Waals surface area contributed by atoms with Crippen LogP contribution in [0.3, 0.4) is 0 Å². The molecule has 0 aliphatic heterocycles. The third-order valence-corrected chi connectivity index (χ3v) is 4.46. The second kappa shape index (κ2) is 7.11. The van der Waals surface area contributed by atoms with Gasteiger partial charge in [-0.05, 0) is 48.7 Å². The number of benzene rings is 2. The minimum Gasteiger partial charge on any atom is -0.492 e. The number of aryl methyl sites for hydroxylation is 1. The Kier molecular flexibility index (Phi) is 5.67. The zero-order valence-electron chi connectivity index (χ0n) is 11.6. The molecule has 2 aromatic carbocycles. The Labute approximate surface area is 144 Å². The lowest BCUT2D eigenvalue weighted by atomic mass is 10.00. The Hall–Kier alpha value is -0.600. The first-order valence-corrected chi connectivity index (χ1v) is 8.03. The van der Waals surface area contributed by atoms with Gasteiger partial charge in [0.05, 0.1) is 17.0 Å². The molecule has 0 N–H and O–H groups in total. The molecule has 5 heteroatoms. The second-order valence-corrected chi connectivity index (χ2v) is 6.29. The maximum atomic E-state index is 6.57. The van der Waals surface area contributed by atoms with Gasteiger partial charge in [0.2, 0.25) is 0 Å². The molecule has 1 unspecified atom stereocenters. The van der Waals surface area contributed by atoms with Crippen molar-refractivity contribution in [2.75, 3.05) is 6.61 Å². The molecule has 112 valence electrons. The highest BCUT2D eigenvalue weighted by Gasteiger charge is 2.19. The summed E-state index contributed by atoms with van der Waals surface area (Å²) in [6.45, 7) is 4.37. The van der Waals surface area contributed by atoms with Crippen LogP contribution in [0, 0.1) is 6.92 Å². The van der Waals surface area contributed by atoms with E-state index in [4.69, 9.17) is 51.1 Å². The molecule has 0 spiro atoms. The third-order valence-electron chi connectivity index (χ3n) is 3.13. The van der Waals surface area contributed by atoms with Gasteiger partial charge in [0, 0.05) is 16.1 Å². The number of alkyl halides is 1. The fourth-order valence-corrected chi connectivity index (χ4v) is 3.29. The summed E-state index contributed by atoms with van der Waals surface area (Å²) in [6.07, 6.45) is 0. The molecule has 0 bridgehead atoms. The van der Waals surface area contributed by atoms with Crippen LogP contribution in [-0.4, -0.2) is 6.61 Å². The predicted molar refractivity (Wildman–Crippen MR) is 91.5 cm³/mol. The van der Waals surface area contributed by atoms with Gasteiger partial charge < -0.3 is 4.74 Å². The molecule has 0 amide bonds. The molecule has 0 saturated carbocycles. The fraction of sp³-hybridized carbons (Fsp3) is 0.250. The Morgan fingerprint density at radius 3 is 2.33 bits per heavy atom. The normalized spacial score (nSPS) is 12.3. The monoisotopic (exact) mass is 362 g/mol. The predicted octanol–water partition coefficient (Wildman–Crippen LogP) is 6.68. The molecule has 0 aliphatic carbocycles. The summed E-state index contributed by atoms with van der Waals surface area (Å²) in [7, 11) is 0. The van der Waals surface area contributed by atoms with E-state index in [1.54, 1.807) is 12.1 Å². The van der Waals surface area contributed by atoms with Crippen molar-refractivity contribution in [1.82, 2.24) is 0 Å². The van der Waals surface area contributed by atoms with Crippen LogP contribution < -0.4 is 4.74 Å². The molecule has 0 fully saturated rings. The lowest BCUT2D eigenvalue weighted by Crippen LogP contribution is -1.99. The van der Waals surface area contributed by atoms with Gasteiger partial charge in [-0.3, -0.25) is 0 Å². The number of ether oxygens (including phenoxy) is 1. The van der Waals surface area contributed by atoms with Crippen molar-refractivity contribution in [2.45, 2.75) is 19.2 Å². The molecule has 0 heterocycles. The summed E-state index contributed by atoms with van der Waals surface area (Å²) in [5.41, 5.74) is 2.70.